The van der Waals surface area contributed by atoms with Gasteiger partial charge in [0.25, 0.3) is 5.91 Å². The van der Waals surface area contributed by atoms with Crippen LogP contribution >= 0.6 is 15.9 Å². The van der Waals surface area contributed by atoms with Crippen LogP contribution in [0.2, 0.25) is 0 Å². The average molecular weight is 359 g/mol. The fraction of sp³-hybridized carbons (Fsp3) is 0.429. The third-order valence-electron chi connectivity index (χ3n) is 2.67. The molecule has 0 spiro atoms. The van der Waals surface area contributed by atoms with Crippen LogP contribution in [-0.2, 0) is 4.79 Å². The van der Waals surface area contributed by atoms with E-state index in [0.717, 1.165) is 4.47 Å². The minimum Gasteiger partial charge on any atom is -0.480 e. The second kappa shape index (κ2) is 7.99. The van der Waals surface area contributed by atoms with Crippen molar-refractivity contribution >= 4 is 27.9 Å². The number of ether oxygens (including phenoxy) is 1. The first-order chi connectivity index (χ1) is 9.85. The highest BCUT2D eigenvalue weighted by Gasteiger charge is 2.19. The number of hydrogen-bond donors (Lipinski definition) is 3. The molecular weight excluding hydrogens is 340 g/mol. The van der Waals surface area contributed by atoms with Crippen LogP contribution < -0.4 is 15.4 Å². The van der Waals surface area contributed by atoms with Crippen molar-refractivity contribution in [3.05, 3.63) is 28.2 Å². The number of nitrogens with one attached hydrogen (secondary N) is 2. The Morgan fingerprint density at radius 2 is 2.05 bits per heavy atom. The first-order valence-corrected chi connectivity index (χ1v) is 7.37. The molecule has 0 bridgehead atoms. The molecule has 2 unspecified atom stereocenters. The fourth-order valence-electron chi connectivity index (χ4n) is 1.62. The summed E-state index contributed by atoms with van der Waals surface area (Å²) in [5.41, 5.74) is 0.557. The minimum absolute atomic E-state index is 0.395. The molecule has 0 aliphatic rings. The molecule has 0 aliphatic carbocycles. The van der Waals surface area contributed by atoms with E-state index in [2.05, 4.69) is 26.6 Å². The van der Waals surface area contributed by atoms with E-state index in [9.17, 15) is 14.7 Å². The van der Waals surface area contributed by atoms with Crippen LogP contribution in [0.25, 0.3) is 0 Å². The van der Waals surface area contributed by atoms with Gasteiger partial charge in [-0.1, -0.05) is 15.9 Å². The molecule has 1 aromatic rings. The maximum absolute atomic E-state index is 11.8. The molecular formula is C14H19BrN2O4. The van der Waals surface area contributed by atoms with Gasteiger partial charge < -0.3 is 15.2 Å². The third kappa shape index (κ3) is 5.35. The monoisotopic (exact) mass is 358 g/mol. The van der Waals surface area contributed by atoms with Crippen molar-refractivity contribution in [1.29, 1.82) is 0 Å². The Morgan fingerprint density at radius 3 is 2.62 bits per heavy atom. The zero-order valence-corrected chi connectivity index (χ0v) is 13.7. The highest BCUT2D eigenvalue weighted by Crippen LogP contribution is 2.29. The number of benzene rings is 1. The van der Waals surface area contributed by atoms with Gasteiger partial charge in [0.2, 0.25) is 0 Å². The molecule has 0 aromatic heterocycles. The van der Waals surface area contributed by atoms with Crippen LogP contribution in [0.5, 0.6) is 5.75 Å². The normalized spacial score (nSPS) is 13.2. The number of aliphatic hydroxyl groups excluding tert-OH is 1. The molecule has 0 saturated heterocycles. The highest BCUT2D eigenvalue weighted by atomic mass is 79.9. The molecule has 3 amide bonds. The molecule has 0 fully saturated rings. The van der Waals surface area contributed by atoms with Crippen LogP contribution in [0.3, 0.4) is 0 Å². The second-order valence-corrected chi connectivity index (χ2v) is 5.38. The molecule has 1 rings (SSSR count). The molecule has 7 heteroatoms. The second-order valence-electron chi connectivity index (χ2n) is 4.47. The van der Waals surface area contributed by atoms with Gasteiger partial charge in [0.15, 0.2) is 6.10 Å². The Bertz CT molecular complexity index is 520. The topological polar surface area (TPSA) is 87.7 Å². The molecule has 2 atom stereocenters. The van der Waals surface area contributed by atoms with Crippen LogP contribution in [0.1, 0.15) is 32.4 Å². The van der Waals surface area contributed by atoms with E-state index in [1.165, 1.54) is 6.92 Å². The zero-order chi connectivity index (χ0) is 16.0. The SMILES string of the molecule is CCNC(=O)NC(=O)C(C)Oc1ccc(Br)cc1C(C)O. The van der Waals surface area contributed by atoms with Crippen LogP contribution in [0.15, 0.2) is 22.7 Å². The molecule has 6 nitrogen and oxygen atoms in total. The Labute approximate surface area is 132 Å². The van der Waals surface area contributed by atoms with E-state index in [1.807, 2.05) is 0 Å². The standard InChI is InChI=1S/C14H19BrN2O4/c1-4-16-14(20)17-13(19)9(3)21-12-6-5-10(15)7-11(12)8(2)18/h5-9,18H,4H2,1-3H3,(H2,16,17,19,20). The lowest BCUT2D eigenvalue weighted by atomic mass is 10.1. The first-order valence-electron chi connectivity index (χ1n) is 6.58. The van der Waals surface area contributed by atoms with Gasteiger partial charge in [-0.3, -0.25) is 10.1 Å². The number of rotatable bonds is 5. The predicted octanol–water partition coefficient (Wildman–Crippen LogP) is 2.12. The van der Waals surface area contributed by atoms with Crippen LogP contribution in [0, 0.1) is 0 Å². The lowest BCUT2D eigenvalue weighted by Gasteiger charge is -2.18. The van der Waals surface area contributed by atoms with Crippen molar-refractivity contribution in [2.24, 2.45) is 0 Å². The van der Waals surface area contributed by atoms with E-state index in [4.69, 9.17) is 4.74 Å². The van der Waals surface area contributed by atoms with Crippen molar-refractivity contribution in [1.82, 2.24) is 10.6 Å². The van der Waals surface area contributed by atoms with Crippen LogP contribution in [0.4, 0.5) is 4.79 Å². The van der Waals surface area contributed by atoms with Crippen molar-refractivity contribution in [3.8, 4) is 5.75 Å². The third-order valence-corrected chi connectivity index (χ3v) is 3.16. The molecule has 0 aliphatic heterocycles. The van der Waals surface area contributed by atoms with E-state index < -0.39 is 24.1 Å². The molecule has 0 radical (unpaired) electrons. The van der Waals surface area contributed by atoms with Crippen molar-refractivity contribution < 1.29 is 19.4 Å². The van der Waals surface area contributed by atoms with Crippen molar-refractivity contribution in [2.75, 3.05) is 6.54 Å². The first kappa shape index (κ1) is 17.5. The van der Waals surface area contributed by atoms with E-state index in [-0.39, 0.29) is 0 Å². The minimum atomic E-state index is -0.869. The number of aliphatic hydroxyl groups is 1. The largest absolute Gasteiger partial charge is 0.480 e. The highest BCUT2D eigenvalue weighted by molar-refractivity contribution is 9.10. The van der Waals surface area contributed by atoms with E-state index >= 15 is 0 Å². The maximum atomic E-state index is 11.8. The van der Waals surface area contributed by atoms with Gasteiger partial charge in [-0.15, -0.1) is 0 Å². The maximum Gasteiger partial charge on any atom is 0.321 e. The summed E-state index contributed by atoms with van der Waals surface area (Å²) in [6.07, 6.45) is -1.61. The van der Waals surface area contributed by atoms with Crippen LogP contribution in [-0.4, -0.2) is 29.7 Å². The number of hydrogen-bond acceptors (Lipinski definition) is 4. The number of amides is 3. The summed E-state index contributed by atoms with van der Waals surface area (Å²) in [6, 6.07) is 4.55. The molecule has 21 heavy (non-hydrogen) atoms. The van der Waals surface area contributed by atoms with Gasteiger partial charge in [0.05, 0.1) is 6.10 Å². The number of imide groups is 1. The number of carbonyl (C=O) groups is 2. The van der Waals surface area contributed by atoms with Crippen molar-refractivity contribution in [2.45, 2.75) is 33.0 Å². The number of carbonyl (C=O) groups excluding carboxylic acids is 2. The molecule has 0 heterocycles. The Morgan fingerprint density at radius 1 is 1.38 bits per heavy atom. The summed E-state index contributed by atoms with van der Waals surface area (Å²) in [5.74, 6) is -0.160. The summed E-state index contributed by atoms with van der Waals surface area (Å²) in [7, 11) is 0. The Hall–Kier alpha value is -1.60. The van der Waals surface area contributed by atoms with Gasteiger partial charge in [-0.25, -0.2) is 4.79 Å². The summed E-state index contributed by atoms with van der Waals surface area (Å²) in [5, 5.41) is 14.4. The summed E-state index contributed by atoms with van der Waals surface area (Å²) < 4.78 is 6.33. The smallest absolute Gasteiger partial charge is 0.321 e. The Kier molecular flexibility index (Phi) is 6.64. The van der Waals surface area contributed by atoms with Gasteiger partial charge in [0.1, 0.15) is 5.75 Å². The fourth-order valence-corrected chi connectivity index (χ4v) is 1.99. The average Bonchev–Trinajstić information content (AvgIpc) is 2.40. The van der Waals surface area contributed by atoms with E-state index in [1.54, 1.807) is 32.0 Å². The van der Waals surface area contributed by atoms with E-state index in [0.29, 0.717) is 17.9 Å². The van der Waals surface area contributed by atoms with Gasteiger partial charge in [-0.05, 0) is 39.0 Å². The molecule has 0 saturated carbocycles. The summed E-state index contributed by atoms with van der Waals surface area (Å²) >= 11 is 3.31. The molecule has 1 aromatic carbocycles. The number of urea groups is 1. The summed E-state index contributed by atoms with van der Waals surface area (Å²) in [6.45, 7) is 5.31. The quantitative estimate of drug-likeness (QED) is 0.752. The summed E-state index contributed by atoms with van der Waals surface area (Å²) in [4.78, 5) is 23.1. The van der Waals surface area contributed by atoms with Gasteiger partial charge >= 0.3 is 6.03 Å². The Balaban J connectivity index is 2.76. The lowest BCUT2D eigenvalue weighted by molar-refractivity contribution is -0.126. The number of halogens is 1. The van der Waals surface area contributed by atoms with Gasteiger partial charge in [0, 0.05) is 16.6 Å². The van der Waals surface area contributed by atoms with Gasteiger partial charge in [-0.2, -0.15) is 0 Å². The van der Waals surface area contributed by atoms with Crippen molar-refractivity contribution in [3.63, 3.8) is 0 Å². The zero-order valence-electron chi connectivity index (χ0n) is 12.1. The lowest BCUT2D eigenvalue weighted by Crippen LogP contribution is -2.45. The predicted molar refractivity (Wildman–Crippen MR) is 82.1 cm³/mol. The molecule has 3 N–H and O–H groups in total. The molecule has 116 valence electrons.